The number of nitrogens with one attached hydrogen (secondary N) is 1. The van der Waals surface area contributed by atoms with Gasteiger partial charge in [-0.3, -0.25) is 4.79 Å². The molecular formula is C26H31N3O4S. The Labute approximate surface area is 202 Å². The monoisotopic (exact) mass is 481 g/mol. The molecule has 3 aromatic carbocycles. The van der Waals surface area contributed by atoms with Gasteiger partial charge in [0.25, 0.3) is 5.91 Å². The topological polar surface area (TPSA) is 79.0 Å². The van der Waals surface area contributed by atoms with Gasteiger partial charge in [-0.15, -0.1) is 0 Å². The Kier molecular flexibility index (Phi) is 8.67. The summed E-state index contributed by atoms with van der Waals surface area (Å²) < 4.78 is 28.7. The lowest BCUT2D eigenvalue weighted by Crippen LogP contribution is -2.51. The number of carbonyl (C=O) groups is 1. The summed E-state index contributed by atoms with van der Waals surface area (Å²) in [4.78, 5) is 21.6. The highest BCUT2D eigenvalue weighted by atomic mass is 32.2. The fourth-order valence-electron chi connectivity index (χ4n) is 3.41. The molecule has 0 spiro atoms. The fourth-order valence-corrected chi connectivity index (χ4v) is 4.62. The van der Waals surface area contributed by atoms with Gasteiger partial charge >= 0.3 is 0 Å². The molecule has 0 saturated heterocycles. The second-order valence-corrected chi connectivity index (χ2v) is 9.81. The van der Waals surface area contributed by atoms with Crippen LogP contribution in [0.5, 0.6) is 5.75 Å². The number of sulfonamides is 1. The molecule has 0 saturated carbocycles. The number of rotatable bonds is 11. The lowest BCUT2D eigenvalue weighted by Gasteiger charge is -2.27. The maximum Gasteiger partial charge on any atom is 0.273 e. The van der Waals surface area contributed by atoms with Crippen LogP contribution in [0.25, 0.3) is 0 Å². The lowest BCUT2D eigenvalue weighted by molar-refractivity contribution is -0.159. The van der Waals surface area contributed by atoms with Gasteiger partial charge in [-0.05, 0) is 42.7 Å². The number of carbonyl (C=O) groups excluding carboxylic acids is 1. The summed E-state index contributed by atoms with van der Waals surface area (Å²) in [5.74, 6) is 0.0397. The molecule has 7 nitrogen and oxygen atoms in total. The SMILES string of the molecule is CCCN(Oc1cccc(N(C)C)c1)C(=O)C(Cc1ccccc1)NS(=O)(=O)c1ccccc1. The summed E-state index contributed by atoms with van der Waals surface area (Å²) in [6.45, 7) is 2.24. The average Bonchev–Trinajstić information content (AvgIpc) is 2.84. The molecule has 0 aliphatic rings. The molecule has 0 aromatic heterocycles. The maximum absolute atomic E-state index is 13.6. The van der Waals surface area contributed by atoms with E-state index in [0.717, 1.165) is 11.3 Å². The van der Waals surface area contributed by atoms with Crippen molar-refractivity contribution in [2.75, 3.05) is 25.5 Å². The number of hydrogen-bond donors (Lipinski definition) is 1. The normalized spacial score (nSPS) is 12.1. The van der Waals surface area contributed by atoms with Crippen LogP contribution in [0, 0.1) is 0 Å². The van der Waals surface area contributed by atoms with Crippen molar-refractivity contribution in [3.63, 3.8) is 0 Å². The Hall–Kier alpha value is -3.36. The van der Waals surface area contributed by atoms with Gasteiger partial charge in [-0.25, -0.2) is 8.42 Å². The predicted octanol–water partition coefficient (Wildman–Crippen LogP) is 3.87. The number of hydrogen-bond acceptors (Lipinski definition) is 5. The van der Waals surface area contributed by atoms with E-state index < -0.39 is 22.0 Å². The van der Waals surface area contributed by atoms with E-state index in [9.17, 15) is 13.2 Å². The number of benzene rings is 3. The Bertz CT molecular complexity index is 1170. The maximum atomic E-state index is 13.6. The van der Waals surface area contributed by atoms with Crippen molar-refractivity contribution in [2.24, 2.45) is 0 Å². The molecule has 1 amide bonds. The highest BCUT2D eigenvalue weighted by molar-refractivity contribution is 7.89. The van der Waals surface area contributed by atoms with Gasteiger partial charge in [0.05, 0.1) is 11.4 Å². The Balaban J connectivity index is 1.90. The first-order chi connectivity index (χ1) is 16.3. The highest BCUT2D eigenvalue weighted by Crippen LogP contribution is 2.21. The summed E-state index contributed by atoms with van der Waals surface area (Å²) in [5.41, 5.74) is 1.76. The summed E-state index contributed by atoms with van der Waals surface area (Å²) in [6.07, 6.45) is 0.829. The predicted molar refractivity (Wildman–Crippen MR) is 134 cm³/mol. The van der Waals surface area contributed by atoms with E-state index in [0.29, 0.717) is 18.7 Å². The van der Waals surface area contributed by atoms with Gasteiger partial charge in [0.1, 0.15) is 6.04 Å². The number of amides is 1. The first kappa shape index (κ1) is 25.3. The Morgan fingerprint density at radius 1 is 0.941 bits per heavy atom. The lowest BCUT2D eigenvalue weighted by atomic mass is 10.1. The molecule has 3 rings (SSSR count). The minimum absolute atomic E-state index is 0.0995. The van der Waals surface area contributed by atoms with Crippen molar-refractivity contribution in [2.45, 2.75) is 30.7 Å². The molecular weight excluding hydrogens is 450 g/mol. The molecule has 0 bridgehead atoms. The smallest absolute Gasteiger partial charge is 0.273 e. The van der Waals surface area contributed by atoms with Crippen LogP contribution in [0.1, 0.15) is 18.9 Å². The quantitative estimate of drug-likeness (QED) is 0.421. The molecule has 0 heterocycles. The van der Waals surface area contributed by atoms with Crippen molar-refractivity contribution >= 4 is 21.6 Å². The third-order valence-corrected chi connectivity index (χ3v) is 6.64. The minimum atomic E-state index is -3.92. The first-order valence-corrected chi connectivity index (χ1v) is 12.7. The van der Waals surface area contributed by atoms with E-state index in [1.807, 2.05) is 74.4 Å². The molecule has 1 N–H and O–H groups in total. The number of nitrogens with zero attached hydrogens (tertiary/aromatic N) is 2. The summed E-state index contributed by atoms with van der Waals surface area (Å²) in [5, 5.41) is 1.25. The van der Waals surface area contributed by atoms with Gasteiger partial charge in [0.15, 0.2) is 5.75 Å². The number of anilines is 1. The molecule has 8 heteroatoms. The molecule has 3 aromatic rings. The number of hydroxylamine groups is 2. The second-order valence-electron chi connectivity index (χ2n) is 8.10. The van der Waals surface area contributed by atoms with Gasteiger partial charge in [-0.2, -0.15) is 9.79 Å². The zero-order chi connectivity index (χ0) is 24.6. The minimum Gasteiger partial charge on any atom is -0.378 e. The molecule has 0 fully saturated rings. The zero-order valence-electron chi connectivity index (χ0n) is 19.7. The molecule has 0 aliphatic heterocycles. The van der Waals surface area contributed by atoms with Crippen molar-refractivity contribution in [3.05, 3.63) is 90.5 Å². The van der Waals surface area contributed by atoms with E-state index in [-0.39, 0.29) is 11.3 Å². The summed E-state index contributed by atoms with van der Waals surface area (Å²) in [7, 11) is -0.0857. The third-order valence-electron chi connectivity index (χ3n) is 5.15. The molecule has 180 valence electrons. The van der Waals surface area contributed by atoms with E-state index in [1.54, 1.807) is 24.3 Å². The van der Waals surface area contributed by atoms with Gasteiger partial charge in [-0.1, -0.05) is 61.5 Å². The zero-order valence-corrected chi connectivity index (χ0v) is 20.5. The van der Waals surface area contributed by atoms with E-state index in [2.05, 4.69) is 4.72 Å². The van der Waals surface area contributed by atoms with E-state index in [1.165, 1.54) is 17.2 Å². The van der Waals surface area contributed by atoms with Crippen molar-refractivity contribution in [3.8, 4) is 5.75 Å². The van der Waals surface area contributed by atoms with E-state index >= 15 is 0 Å². The molecule has 0 radical (unpaired) electrons. The summed E-state index contributed by atoms with van der Waals surface area (Å²) >= 11 is 0. The largest absolute Gasteiger partial charge is 0.378 e. The van der Waals surface area contributed by atoms with Crippen LogP contribution in [0.4, 0.5) is 5.69 Å². The van der Waals surface area contributed by atoms with Gasteiger partial charge in [0.2, 0.25) is 10.0 Å². The van der Waals surface area contributed by atoms with Crippen LogP contribution in [-0.2, 0) is 21.2 Å². The fraction of sp³-hybridized carbons (Fsp3) is 0.269. The van der Waals surface area contributed by atoms with Crippen LogP contribution in [0.3, 0.4) is 0 Å². The van der Waals surface area contributed by atoms with Crippen LogP contribution in [0.2, 0.25) is 0 Å². The Morgan fingerprint density at radius 2 is 1.59 bits per heavy atom. The standard InChI is InChI=1S/C26H31N3O4S/c1-4-18-29(33-23-15-11-14-22(20-23)28(2)3)26(30)25(19-21-12-7-5-8-13-21)27-34(31,32)24-16-9-6-10-17-24/h5-17,20,25,27H,4,18-19H2,1-3H3. The highest BCUT2D eigenvalue weighted by Gasteiger charge is 2.30. The van der Waals surface area contributed by atoms with Crippen molar-refractivity contribution in [1.29, 1.82) is 0 Å². The van der Waals surface area contributed by atoms with Crippen LogP contribution >= 0.6 is 0 Å². The van der Waals surface area contributed by atoms with E-state index in [4.69, 9.17) is 4.84 Å². The summed E-state index contributed by atoms with van der Waals surface area (Å²) in [6, 6.07) is 23.7. The van der Waals surface area contributed by atoms with Crippen LogP contribution in [0.15, 0.2) is 89.8 Å². The third kappa shape index (κ3) is 6.82. The second kappa shape index (κ2) is 11.7. The molecule has 0 aliphatic carbocycles. The van der Waals surface area contributed by atoms with Crippen LogP contribution in [-0.4, -0.2) is 46.1 Å². The van der Waals surface area contributed by atoms with Crippen molar-refractivity contribution in [1.82, 2.24) is 9.79 Å². The van der Waals surface area contributed by atoms with Crippen molar-refractivity contribution < 1.29 is 18.0 Å². The molecule has 1 atom stereocenters. The molecule has 1 unspecified atom stereocenters. The average molecular weight is 482 g/mol. The van der Waals surface area contributed by atoms with Gasteiger partial charge < -0.3 is 9.74 Å². The molecule has 34 heavy (non-hydrogen) atoms. The van der Waals surface area contributed by atoms with Gasteiger partial charge in [0, 0.05) is 25.8 Å². The van der Waals surface area contributed by atoms with Crippen LogP contribution < -0.4 is 14.5 Å². The Morgan fingerprint density at radius 3 is 2.21 bits per heavy atom. The first-order valence-electron chi connectivity index (χ1n) is 11.2.